The number of aromatic nitrogens is 1. The van der Waals surface area contributed by atoms with Crippen molar-refractivity contribution in [3.05, 3.63) is 93.2 Å². The molecular weight excluding hydrogens is 467 g/mol. The molecule has 9 heteroatoms. The summed E-state index contributed by atoms with van der Waals surface area (Å²) in [6.07, 6.45) is 3.23. The number of aliphatic hydroxyl groups excluding tert-OH is 1. The van der Waals surface area contributed by atoms with Gasteiger partial charge in [-0.2, -0.15) is 0 Å². The van der Waals surface area contributed by atoms with Gasteiger partial charge in [-0.05, 0) is 47.5 Å². The molecule has 1 aromatic heterocycles. The highest BCUT2D eigenvalue weighted by atomic mass is 35.5. The molecule has 1 N–H and O–H groups in total. The van der Waals surface area contributed by atoms with Gasteiger partial charge in [-0.25, -0.2) is 0 Å². The third kappa shape index (κ3) is 3.79. The zero-order valence-electron chi connectivity index (χ0n) is 17.0. The van der Waals surface area contributed by atoms with Gasteiger partial charge in [-0.15, -0.1) is 0 Å². The Balaban J connectivity index is 1.66. The van der Waals surface area contributed by atoms with E-state index in [0.29, 0.717) is 27.6 Å². The Kier molecular flexibility index (Phi) is 5.44. The van der Waals surface area contributed by atoms with Gasteiger partial charge >= 0.3 is 0 Å². The van der Waals surface area contributed by atoms with Crippen molar-refractivity contribution in [3.63, 3.8) is 0 Å². The number of Topliss-reactive ketones (excluding diaryl/α,β-unsaturated/α-hetero) is 1. The van der Waals surface area contributed by atoms with E-state index in [2.05, 4.69) is 4.98 Å². The molecular formula is C24H16Cl2N2O5. The summed E-state index contributed by atoms with van der Waals surface area (Å²) in [5.41, 5.74) is 1.53. The van der Waals surface area contributed by atoms with Crippen molar-refractivity contribution >= 4 is 40.7 Å². The summed E-state index contributed by atoms with van der Waals surface area (Å²) in [5.74, 6) is -0.891. The van der Waals surface area contributed by atoms with Crippen molar-refractivity contribution in [3.8, 4) is 11.5 Å². The summed E-state index contributed by atoms with van der Waals surface area (Å²) in [4.78, 5) is 31.7. The van der Waals surface area contributed by atoms with Crippen LogP contribution in [0.15, 0.2) is 66.5 Å². The fourth-order valence-corrected chi connectivity index (χ4v) is 4.27. The van der Waals surface area contributed by atoms with Gasteiger partial charge in [-0.3, -0.25) is 14.6 Å². The van der Waals surface area contributed by atoms with E-state index in [4.69, 9.17) is 32.7 Å². The molecule has 2 aliphatic rings. The van der Waals surface area contributed by atoms with Crippen LogP contribution in [0.2, 0.25) is 10.0 Å². The molecule has 0 saturated carbocycles. The van der Waals surface area contributed by atoms with Crippen LogP contribution in [0, 0.1) is 0 Å². The highest BCUT2D eigenvalue weighted by Gasteiger charge is 2.46. The van der Waals surface area contributed by atoms with E-state index in [1.54, 1.807) is 60.9 Å². The van der Waals surface area contributed by atoms with Crippen LogP contribution in [-0.2, 0) is 16.1 Å². The first-order valence-electron chi connectivity index (χ1n) is 9.96. The minimum absolute atomic E-state index is 0.0545. The smallest absolute Gasteiger partial charge is 0.295 e. The second-order valence-electron chi connectivity index (χ2n) is 7.53. The molecule has 166 valence electrons. The van der Waals surface area contributed by atoms with E-state index < -0.39 is 17.7 Å². The van der Waals surface area contributed by atoms with Gasteiger partial charge in [-0.1, -0.05) is 35.3 Å². The van der Waals surface area contributed by atoms with Crippen LogP contribution in [0.1, 0.15) is 22.7 Å². The number of aliphatic hydroxyl groups is 1. The number of ketones is 1. The molecule has 7 nitrogen and oxygen atoms in total. The average molecular weight is 483 g/mol. The zero-order chi connectivity index (χ0) is 23.1. The summed E-state index contributed by atoms with van der Waals surface area (Å²) in [7, 11) is 0. The lowest BCUT2D eigenvalue weighted by Crippen LogP contribution is -2.29. The molecule has 0 radical (unpaired) electrons. The number of fused-ring (bicyclic) bond motifs is 1. The third-order valence-corrected chi connectivity index (χ3v) is 6.26. The summed E-state index contributed by atoms with van der Waals surface area (Å²) >= 11 is 12.3. The lowest BCUT2D eigenvalue weighted by atomic mass is 9.95. The molecule has 3 heterocycles. The second-order valence-corrected chi connectivity index (χ2v) is 8.34. The topological polar surface area (TPSA) is 89.0 Å². The van der Waals surface area contributed by atoms with Gasteiger partial charge in [0.2, 0.25) is 6.79 Å². The number of likely N-dealkylation sites (tertiary alicyclic amines) is 1. The van der Waals surface area contributed by atoms with E-state index in [0.717, 1.165) is 5.56 Å². The molecule has 0 aliphatic carbocycles. The molecule has 0 bridgehead atoms. The Morgan fingerprint density at radius 2 is 1.88 bits per heavy atom. The van der Waals surface area contributed by atoms with Crippen molar-refractivity contribution in [1.82, 2.24) is 9.88 Å². The molecule has 5 rings (SSSR count). The van der Waals surface area contributed by atoms with Crippen LogP contribution >= 0.6 is 23.2 Å². The van der Waals surface area contributed by atoms with Crippen LogP contribution in [0.3, 0.4) is 0 Å². The van der Waals surface area contributed by atoms with Crippen molar-refractivity contribution in [2.45, 2.75) is 12.6 Å². The monoisotopic (exact) mass is 482 g/mol. The Hall–Kier alpha value is -3.55. The SMILES string of the molecule is O=C1C(=O)N(Cc2cccnc2)C(c2ccc(Cl)c(Cl)c2)/C1=C(\O)c1ccc2c(c1)OCO2. The lowest BCUT2D eigenvalue weighted by Gasteiger charge is -2.25. The fraction of sp³-hybridized carbons (Fsp3) is 0.125. The predicted octanol–water partition coefficient (Wildman–Crippen LogP) is 4.74. The van der Waals surface area contributed by atoms with Crippen molar-refractivity contribution < 1.29 is 24.2 Å². The van der Waals surface area contributed by atoms with Gasteiger partial charge in [0.05, 0.1) is 21.7 Å². The van der Waals surface area contributed by atoms with Gasteiger partial charge in [0.1, 0.15) is 5.76 Å². The molecule has 3 aromatic rings. The van der Waals surface area contributed by atoms with Gasteiger partial charge < -0.3 is 19.5 Å². The normalized spacial score (nSPS) is 18.7. The number of halogens is 2. The minimum Gasteiger partial charge on any atom is -0.507 e. The summed E-state index contributed by atoms with van der Waals surface area (Å²) < 4.78 is 10.7. The van der Waals surface area contributed by atoms with E-state index in [1.807, 2.05) is 0 Å². The Morgan fingerprint density at radius 1 is 1.06 bits per heavy atom. The maximum absolute atomic E-state index is 13.2. The van der Waals surface area contributed by atoms with E-state index in [1.165, 1.54) is 4.90 Å². The lowest BCUT2D eigenvalue weighted by molar-refractivity contribution is -0.140. The molecule has 1 unspecified atom stereocenters. The minimum atomic E-state index is -0.884. The van der Waals surface area contributed by atoms with Crippen LogP contribution in [0.25, 0.3) is 5.76 Å². The van der Waals surface area contributed by atoms with Gasteiger partial charge in [0.15, 0.2) is 11.5 Å². The fourth-order valence-electron chi connectivity index (χ4n) is 3.96. The van der Waals surface area contributed by atoms with Crippen LogP contribution < -0.4 is 9.47 Å². The average Bonchev–Trinajstić information content (AvgIpc) is 3.39. The maximum Gasteiger partial charge on any atom is 0.295 e. The number of rotatable bonds is 4. The highest BCUT2D eigenvalue weighted by molar-refractivity contribution is 6.46. The molecule has 2 aliphatic heterocycles. The second kappa shape index (κ2) is 8.42. The molecule has 33 heavy (non-hydrogen) atoms. The van der Waals surface area contributed by atoms with Crippen LogP contribution in [0.4, 0.5) is 0 Å². The molecule has 1 atom stereocenters. The number of hydrogen-bond donors (Lipinski definition) is 1. The standard InChI is InChI=1S/C24H16Cl2N2O5/c25-16-5-3-14(8-17(16)26)21-20(22(29)15-4-6-18-19(9-15)33-12-32-18)23(30)24(31)28(21)11-13-2-1-7-27-10-13/h1-10,21,29H,11-12H2/b22-20+. The number of hydrogen-bond acceptors (Lipinski definition) is 6. The van der Waals surface area contributed by atoms with Crippen molar-refractivity contribution in [2.75, 3.05) is 6.79 Å². The first-order chi connectivity index (χ1) is 15.9. The number of carbonyl (C=O) groups excluding carboxylic acids is 2. The first kappa shape index (κ1) is 21.3. The van der Waals surface area contributed by atoms with Gasteiger partial charge in [0, 0.05) is 24.5 Å². The van der Waals surface area contributed by atoms with E-state index >= 15 is 0 Å². The summed E-state index contributed by atoms with van der Waals surface area (Å²) in [6.45, 7) is 0.180. The van der Waals surface area contributed by atoms with Crippen LogP contribution in [-0.4, -0.2) is 33.5 Å². The number of amides is 1. The zero-order valence-corrected chi connectivity index (χ0v) is 18.5. The van der Waals surface area contributed by atoms with Crippen molar-refractivity contribution in [2.24, 2.45) is 0 Å². The number of carbonyl (C=O) groups is 2. The molecule has 2 aromatic carbocycles. The number of pyridine rings is 1. The number of nitrogens with zero attached hydrogens (tertiary/aromatic N) is 2. The molecule has 1 amide bonds. The maximum atomic E-state index is 13.2. The quantitative estimate of drug-likeness (QED) is 0.328. The number of ether oxygens (including phenoxy) is 2. The Labute approximate surface area is 198 Å². The molecule has 1 saturated heterocycles. The summed E-state index contributed by atoms with van der Waals surface area (Å²) in [6, 6.07) is 12.3. The predicted molar refractivity (Wildman–Crippen MR) is 121 cm³/mol. The Bertz CT molecular complexity index is 1310. The molecule has 0 spiro atoms. The van der Waals surface area contributed by atoms with Crippen molar-refractivity contribution in [1.29, 1.82) is 0 Å². The first-order valence-corrected chi connectivity index (χ1v) is 10.7. The summed E-state index contributed by atoms with van der Waals surface area (Å²) in [5, 5.41) is 11.8. The third-order valence-electron chi connectivity index (χ3n) is 5.52. The Morgan fingerprint density at radius 3 is 2.64 bits per heavy atom. The van der Waals surface area contributed by atoms with Crippen LogP contribution in [0.5, 0.6) is 11.5 Å². The van der Waals surface area contributed by atoms with E-state index in [9.17, 15) is 14.7 Å². The van der Waals surface area contributed by atoms with E-state index in [-0.39, 0.29) is 29.7 Å². The highest BCUT2D eigenvalue weighted by Crippen LogP contribution is 2.43. The number of benzene rings is 2. The molecule has 1 fully saturated rings. The largest absolute Gasteiger partial charge is 0.507 e. The van der Waals surface area contributed by atoms with Gasteiger partial charge in [0.25, 0.3) is 11.7 Å².